The molecule has 0 saturated carbocycles. The molecule has 0 atom stereocenters. The summed E-state index contributed by atoms with van der Waals surface area (Å²) in [4.78, 5) is 12.5. The number of benzene rings is 2. The molecule has 2 aromatic rings. The van der Waals surface area contributed by atoms with Crippen LogP contribution < -0.4 is 0 Å². The molecule has 0 aliphatic rings. The van der Waals surface area contributed by atoms with Crippen LogP contribution in [0.3, 0.4) is 0 Å². The van der Waals surface area contributed by atoms with E-state index in [1.54, 1.807) is 24.3 Å². The van der Waals surface area contributed by atoms with Crippen molar-refractivity contribution in [3.63, 3.8) is 0 Å². The summed E-state index contributed by atoms with van der Waals surface area (Å²) in [5.74, 6) is -0.0111. The Balaban J connectivity index is 1.57. The molecule has 0 bridgehead atoms. The number of phenols is 2. The smallest absolute Gasteiger partial charge is 0.306 e. The highest BCUT2D eigenvalue weighted by molar-refractivity contribution is 5.71. The van der Waals surface area contributed by atoms with Gasteiger partial charge in [0.05, 0.1) is 13.0 Å². The van der Waals surface area contributed by atoms with Crippen LogP contribution in [0.15, 0.2) is 48.5 Å². The Bertz CT molecular complexity index is 752. The zero-order valence-electron chi connectivity index (χ0n) is 21.7. The predicted octanol–water partition coefficient (Wildman–Crippen LogP) is 8.64. The van der Waals surface area contributed by atoms with Gasteiger partial charge < -0.3 is 14.9 Å². The summed E-state index contributed by atoms with van der Waals surface area (Å²) in [6.07, 6.45) is 18.5. The van der Waals surface area contributed by atoms with Gasteiger partial charge in [-0.25, -0.2) is 0 Å². The summed E-state index contributed by atoms with van der Waals surface area (Å²) in [5, 5.41) is 19.2. The maximum atomic E-state index is 12.5. The first-order chi connectivity index (χ1) is 17.1. The summed E-state index contributed by atoms with van der Waals surface area (Å²) in [7, 11) is 0. The van der Waals surface area contributed by atoms with Gasteiger partial charge in [-0.05, 0) is 41.8 Å². The Hall–Kier alpha value is -2.49. The summed E-state index contributed by atoms with van der Waals surface area (Å²) in [6.45, 7) is 2.73. The van der Waals surface area contributed by atoms with Gasteiger partial charge in [0.2, 0.25) is 0 Å². The van der Waals surface area contributed by atoms with Gasteiger partial charge in [0.1, 0.15) is 11.5 Å². The normalized spacial score (nSPS) is 11.1. The van der Waals surface area contributed by atoms with Crippen LogP contribution in [-0.2, 0) is 9.53 Å². The largest absolute Gasteiger partial charge is 0.508 e. The molecule has 0 heterocycles. The van der Waals surface area contributed by atoms with E-state index in [2.05, 4.69) is 6.92 Å². The van der Waals surface area contributed by atoms with Gasteiger partial charge in [-0.15, -0.1) is 0 Å². The van der Waals surface area contributed by atoms with Crippen LogP contribution in [0.5, 0.6) is 11.5 Å². The van der Waals surface area contributed by atoms with Gasteiger partial charge >= 0.3 is 5.97 Å². The lowest BCUT2D eigenvalue weighted by Gasteiger charge is -2.18. The molecular formula is C31H46O4. The Kier molecular flexibility index (Phi) is 14.7. The molecule has 0 unspecified atom stereocenters. The maximum Gasteiger partial charge on any atom is 0.306 e. The highest BCUT2D eigenvalue weighted by atomic mass is 16.5. The molecule has 0 aromatic heterocycles. The minimum atomic E-state index is -0.217. The van der Waals surface area contributed by atoms with E-state index in [9.17, 15) is 15.0 Å². The lowest BCUT2D eigenvalue weighted by molar-refractivity contribution is -0.144. The number of ether oxygens (including phenoxy) is 1. The quantitative estimate of drug-likeness (QED) is 0.155. The average molecular weight is 483 g/mol. The zero-order chi connectivity index (χ0) is 25.1. The highest BCUT2D eigenvalue weighted by Gasteiger charge is 2.19. The minimum Gasteiger partial charge on any atom is -0.508 e. The third kappa shape index (κ3) is 12.7. The second kappa shape index (κ2) is 17.9. The number of unbranched alkanes of at least 4 members (excludes halogenated alkanes) is 13. The van der Waals surface area contributed by atoms with Crippen LogP contribution in [-0.4, -0.2) is 22.8 Å². The van der Waals surface area contributed by atoms with Crippen molar-refractivity contribution < 1.29 is 19.7 Å². The fourth-order valence-corrected chi connectivity index (χ4v) is 4.55. The molecule has 0 fully saturated rings. The van der Waals surface area contributed by atoms with Gasteiger partial charge in [0.25, 0.3) is 0 Å². The van der Waals surface area contributed by atoms with Crippen molar-refractivity contribution in [3.05, 3.63) is 59.7 Å². The summed E-state index contributed by atoms with van der Waals surface area (Å²) >= 11 is 0. The molecule has 0 aliphatic carbocycles. The van der Waals surface area contributed by atoms with Crippen LogP contribution in [0, 0.1) is 0 Å². The van der Waals surface area contributed by atoms with Crippen molar-refractivity contribution in [2.45, 2.75) is 109 Å². The number of phenolic OH excluding ortho intramolecular Hbond substituents is 2. The topological polar surface area (TPSA) is 66.8 Å². The van der Waals surface area contributed by atoms with Gasteiger partial charge in [-0.1, -0.05) is 115 Å². The molecule has 0 amide bonds. The van der Waals surface area contributed by atoms with Crippen molar-refractivity contribution >= 4 is 5.97 Å². The standard InChI is InChI=1S/C31H46O4/c1-2-3-4-5-6-7-8-9-10-11-12-13-14-15-24-35-31(34)25-30(26-16-20-28(32)21-17-26)27-18-22-29(33)23-19-27/h16-23,30,32-33H,2-15,24-25H2,1H3. The van der Waals surface area contributed by atoms with Crippen molar-refractivity contribution in [1.82, 2.24) is 0 Å². The Morgan fingerprint density at radius 1 is 0.629 bits per heavy atom. The molecule has 2 N–H and O–H groups in total. The number of carbonyl (C=O) groups is 1. The molecule has 2 aromatic carbocycles. The molecule has 0 aliphatic heterocycles. The molecule has 35 heavy (non-hydrogen) atoms. The number of aromatic hydroxyl groups is 2. The van der Waals surface area contributed by atoms with Crippen LogP contribution >= 0.6 is 0 Å². The highest BCUT2D eigenvalue weighted by Crippen LogP contribution is 2.30. The third-order valence-corrected chi connectivity index (χ3v) is 6.72. The fourth-order valence-electron chi connectivity index (χ4n) is 4.55. The van der Waals surface area contributed by atoms with Crippen LogP contribution in [0.2, 0.25) is 0 Å². The lowest BCUT2D eigenvalue weighted by atomic mass is 9.88. The fraction of sp³-hybridized carbons (Fsp3) is 0.581. The second-order valence-corrected chi connectivity index (χ2v) is 9.76. The Morgan fingerprint density at radius 2 is 1.00 bits per heavy atom. The molecule has 4 nitrogen and oxygen atoms in total. The van der Waals surface area contributed by atoms with E-state index in [0.29, 0.717) is 6.61 Å². The first-order valence-corrected chi connectivity index (χ1v) is 13.8. The van der Waals surface area contributed by atoms with E-state index in [1.807, 2.05) is 24.3 Å². The van der Waals surface area contributed by atoms with E-state index < -0.39 is 0 Å². The van der Waals surface area contributed by atoms with Crippen LogP contribution in [0.25, 0.3) is 0 Å². The SMILES string of the molecule is CCCCCCCCCCCCCCCCOC(=O)CC(c1ccc(O)cc1)c1ccc(O)cc1. The van der Waals surface area contributed by atoms with E-state index in [1.165, 1.54) is 77.0 Å². The van der Waals surface area contributed by atoms with Crippen molar-refractivity contribution in [3.8, 4) is 11.5 Å². The van der Waals surface area contributed by atoms with Gasteiger partial charge in [0.15, 0.2) is 0 Å². The predicted molar refractivity (Wildman–Crippen MR) is 144 cm³/mol. The van der Waals surface area contributed by atoms with E-state index in [0.717, 1.165) is 24.0 Å². The number of hydrogen-bond donors (Lipinski definition) is 2. The minimum absolute atomic E-state index is 0.181. The third-order valence-electron chi connectivity index (χ3n) is 6.72. The molecular weight excluding hydrogens is 436 g/mol. The molecule has 2 rings (SSSR count). The van der Waals surface area contributed by atoms with Crippen molar-refractivity contribution in [2.75, 3.05) is 6.61 Å². The van der Waals surface area contributed by atoms with E-state index in [-0.39, 0.29) is 29.8 Å². The monoisotopic (exact) mass is 482 g/mol. The number of hydrogen-bond acceptors (Lipinski definition) is 4. The Labute approximate surface area is 212 Å². The van der Waals surface area contributed by atoms with Crippen molar-refractivity contribution in [1.29, 1.82) is 0 Å². The van der Waals surface area contributed by atoms with Gasteiger partial charge in [-0.2, -0.15) is 0 Å². The molecule has 0 spiro atoms. The molecule has 0 saturated heterocycles. The molecule has 194 valence electrons. The van der Waals surface area contributed by atoms with Gasteiger partial charge in [0, 0.05) is 5.92 Å². The number of esters is 1. The Morgan fingerprint density at radius 3 is 1.40 bits per heavy atom. The zero-order valence-corrected chi connectivity index (χ0v) is 21.7. The maximum absolute atomic E-state index is 12.5. The first kappa shape index (κ1) is 28.7. The van der Waals surface area contributed by atoms with Crippen LogP contribution in [0.4, 0.5) is 0 Å². The summed E-state index contributed by atoms with van der Waals surface area (Å²) in [5.41, 5.74) is 1.86. The first-order valence-electron chi connectivity index (χ1n) is 13.8. The lowest BCUT2D eigenvalue weighted by Crippen LogP contribution is -2.12. The summed E-state index contributed by atoms with van der Waals surface area (Å²) < 4.78 is 5.53. The molecule has 4 heteroatoms. The molecule has 0 radical (unpaired) electrons. The number of carbonyl (C=O) groups excluding carboxylic acids is 1. The van der Waals surface area contributed by atoms with E-state index >= 15 is 0 Å². The summed E-state index contributed by atoms with van der Waals surface area (Å²) in [6, 6.07) is 13.8. The van der Waals surface area contributed by atoms with E-state index in [4.69, 9.17) is 4.74 Å². The number of rotatable bonds is 19. The average Bonchev–Trinajstić information content (AvgIpc) is 2.86. The van der Waals surface area contributed by atoms with Crippen molar-refractivity contribution in [2.24, 2.45) is 0 Å². The second-order valence-electron chi connectivity index (χ2n) is 9.76. The van der Waals surface area contributed by atoms with Crippen LogP contribution in [0.1, 0.15) is 120 Å². The van der Waals surface area contributed by atoms with Gasteiger partial charge in [-0.3, -0.25) is 4.79 Å².